The molecule has 1 unspecified atom stereocenters. The van der Waals surface area contributed by atoms with Crippen LogP contribution in [-0.4, -0.2) is 58.8 Å². The molecule has 198 valence electrons. The lowest BCUT2D eigenvalue weighted by Crippen LogP contribution is -2.57. The van der Waals surface area contributed by atoms with Crippen LogP contribution in [0.25, 0.3) is 0 Å². The van der Waals surface area contributed by atoms with Gasteiger partial charge in [0.2, 0.25) is 5.91 Å². The fourth-order valence-corrected chi connectivity index (χ4v) is 6.27. The van der Waals surface area contributed by atoms with Gasteiger partial charge in [-0.2, -0.15) is 0 Å². The van der Waals surface area contributed by atoms with Crippen molar-refractivity contribution in [1.29, 1.82) is 0 Å². The molecule has 2 aromatic rings. The predicted molar refractivity (Wildman–Crippen MR) is 145 cm³/mol. The van der Waals surface area contributed by atoms with Crippen LogP contribution in [0.2, 0.25) is 0 Å². The predicted octanol–water partition coefficient (Wildman–Crippen LogP) is 4.79. The maximum atomic E-state index is 13.3. The number of aromatic nitrogens is 1. The number of hydrogen-bond donors (Lipinski definition) is 0. The molecule has 2 aliphatic heterocycles. The van der Waals surface area contributed by atoms with Crippen molar-refractivity contribution in [2.45, 2.75) is 77.9 Å². The summed E-state index contributed by atoms with van der Waals surface area (Å²) in [7, 11) is 0. The van der Waals surface area contributed by atoms with Crippen LogP contribution in [-0.2, 0) is 28.9 Å². The summed E-state index contributed by atoms with van der Waals surface area (Å²) in [5.41, 5.74) is 4.87. The van der Waals surface area contributed by atoms with Crippen LogP contribution in [0, 0.1) is 11.8 Å². The zero-order chi connectivity index (χ0) is 25.9. The molecular weight excluding hydrogens is 462 g/mol. The van der Waals surface area contributed by atoms with Crippen molar-refractivity contribution in [3.05, 3.63) is 58.9 Å². The van der Waals surface area contributed by atoms with Crippen LogP contribution in [0.4, 0.5) is 0 Å². The first-order valence-corrected chi connectivity index (χ1v) is 14.2. The molecule has 0 spiro atoms. The fourth-order valence-electron chi connectivity index (χ4n) is 6.27. The normalized spacial score (nSPS) is 19.8. The Balaban J connectivity index is 1.13. The Kier molecular flexibility index (Phi) is 7.94. The number of rotatable bonds is 8. The van der Waals surface area contributed by atoms with E-state index in [1.807, 2.05) is 38.1 Å². The standard InChI is InChI=1S/C31H41N3O3/c1-21(2)37-29-11-7-5-9-27(29)30(22(3)35)34-19-25(20-34)31(36)33-16-14-23(15-17-33)18-26-13-12-24-8-4-6-10-28(24)32-26/h5,7,9,11-13,21,23,25,30H,4,6,8,10,14-20H2,1-3H3. The van der Waals surface area contributed by atoms with Crippen molar-refractivity contribution in [1.82, 2.24) is 14.8 Å². The molecule has 3 aliphatic rings. The number of nitrogens with zero attached hydrogens (tertiary/aromatic N) is 3. The molecule has 1 aliphatic carbocycles. The van der Waals surface area contributed by atoms with Gasteiger partial charge in [-0.1, -0.05) is 24.3 Å². The van der Waals surface area contributed by atoms with Gasteiger partial charge in [0, 0.05) is 43.1 Å². The van der Waals surface area contributed by atoms with E-state index in [4.69, 9.17) is 9.72 Å². The molecule has 0 bridgehead atoms. The minimum atomic E-state index is -0.367. The Hall–Kier alpha value is -2.73. The second-order valence-electron chi connectivity index (χ2n) is 11.5. The van der Waals surface area contributed by atoms with Gasteiger partial charge in [0.1, 0.15) is 5.75 Å². The Morgan fingerprint density at radius 2 is 1.76 bits per heavy atom. The molecule has 0 saturated carbocycles. The highest BCUT2D eigenvalue weighted by Gasteiger charge is 2.42. The number of benzene rings is 1. The number of likely N-dealkylation sites (tertiary alicyclic amines) is 2. The number of Topliss-reactive ketones (excluding diaryl/α,β-unsaturated/α-hetero) is 1. The lowest BCUT2D eigenvalue weighted by atomic mass is 9.88. The van der Waals surface area contributed by atoms with Crippen LogP contribution in [0.1, 0.15) is 75.0 Å². The van der Waals surface area contributed by atoms with Gasteiger partial charge in [-0.15, -0.1) is 0 Å². The first kappa shape index (κ1) is 25.9. The highest BCUT2D eigenvalue weighted by Crippen LogP contribution is 2.36. The molecule has 3 heterocycles. The van der Waals surface area contributed by atoms with Crippen molar-refractivity contribution in [2.24, 2.45) is 11.8 Å². The van der Waals surface area contributed by atoms with E-state index in [0.717, 1.165) is 50.1 Å². The molecule has 6 heteroatoms. The van der Waals surface area contributed by atoms with Crippen molar-refractivity contribution in [3.8, 4) is 5.75 Å². The number of carbonyl (C=O) groups is 2. The maximum absolute atomic E-state index is 13.3. The SMILES string of the molecule is CC(=O)C(c1ccccc1OC(C)C)N1CC(C(=O)N2CCC(Cc3ccc4c(n3)CCCC4)CC2)C1. The van der Waals surface area contributed by atoms with Gasteiger partial charge in [-0.25, -0.2) is 0 Å². The molecule has 37 heavy (non-hydrogen) atoms. The Morgan fingerprint density at radius 3 is 2.49 bits per heavy atom. The van der Waals surface area contributed by atoms with Gasteiger partial charge in [0.05, 0.1) is 18.1 Å². The highest BCUT2D eigenvalue weighted by atomic mass is 16.5. The van der Waals surface area contributed by atoms with Crippen LogP contribution in [0.3, 0.4) is 0 Å². The van der Waals surface area contributed by atoms with Gasteiger partial charge in [0.25, 0.3) is 0 Å². The molecule has 1 aromatic carbocycles. The summed E-state index contributed by atoms with van der Waals surface area (Å²) in [4.78, 5) is 35.1. The molecule has 0 N–H and O–H groups in total. The number of aryl methyl sites for hydroxylation is 2. The van der Waals surface area contributed by atoms with Gasteiger partial charge >= 0.3 is 0 Å². The zero-order valence-corrected chi connectivity index (χ0v) is 22.6. The maximum Gasteiger partial charge on any atom is 0.228 e. The van der Waals surface area contributed by atoms with E-state index in [1.165, 1.54) is 36.2 Å². The molecule has 1 atom stereocenters. The summed E-state index contributed by atoms with van der Waals surface area (Å²) in [6.45, 7) is 8.51. The quantitative estimate of drug-likeness (QED) is 0.518. The third kappa shape index (κ3) is 5.90. The Morgan fingerprint density at radius 1 is 1.03 bits per heavy atom. The van der Waals surface area contributed by atoms with Gasteiger partial charge in [-0.05, 0) is 89.3 Å². The van der Waals surface area contributed by atoms with E-state index in [-0.39, 0.29) is 29.8 Å². The monoisotopic (exact) mass is 503 g/mol. The Bertz CT molecular complexity index is 1120. The van der Waals surface area contributed by atoms with Crippen LogP contribution in [0.5, 0.6) is 5.75 Å². The third-order valence-corrected chi connectivity index (χ3v) is 8.25. The summed E-state index contributed by atoms with van der Waals surface area (Å²) in [5.74, 6) is 1.65. The minimum Gasteiger partial charge on any atom is -0.491 e. The number of carbonyl (C=O) groups excluding carboxylic acids is 2. The van der Waals surface area contributed by atoms with E-state index in [2.05, 4.69) is 21.9 Å². The number of para-hydroxylation sites is 1. The molecular formula is C31H41N3O3. The van der Waals surface area contributed by atoms with Crippen molar-refractivity contribution in [3.63, 3.8) is 0 Å². The molecule has 1 amide bonds. The van der Waals surface area contributed by atoms with Crippen LogP contribution >= 0.6 is 0 Å². The topological polar surface area (TPSA) is 62.7 Å². The van der Waals surface area contributed by atoms with Crippen LogP contribution < -0.4 is 4.74 Å². The molecule has 6 nitrogen and oxygen atoms in total. The first-order valence-electron chi connectivity index (χ1n) is 14.2. The molecule has 2 saturated heterocycles. The lowest BCUT2D eigenvalue weighted by Gasteiger charge is -2.45. The fraction of sp³-hybridized carbons (Fsp3) is 0.581. The summed E-state index contributed by atoms with van der Waals surface area (Å²) >= 11 is 0. The van der Waals surface area contributed by atoms with E-state index < -0.39 is 0 Å². The molecule has 1 aromatic heterocycles. The number of amides is 1. The van der Waals surface area contributed by atoms with E-state index in [1.54, 1.807) is 6.92 Å². The summed E-state index contributed by atoms with van der Waals surface area (Å²) < 4.78 is 5.99. The summed E-state index contributed by atoms with van der Waals surface area (Å²) in [5, 5.41) is 0. The lowest BCUT2D eigenvalue weighted by molar-refractivity contribution is -0.146. The Labute approximate surface area is 221 Å². The number of ether oxygens (including phenoxy) is 1. The highest BCUT2D eigenvalue weighted by molar-refractivity contribution is 5.85. The average molecular weight is 504 g/mol. The van der Waals surface area contributed by atoms with E-state index in [9.17, 15) is 9.59 Å². The zero-order valence-electron chi connectivity index (χ0n) is 22.6. The largest absolute Gasteiger partial charge is 0.491 e. The first-order chi connectivity index (χ1) is 17.9. The third-order valence-electron chi connectivity index (χ3n) is 8.25. The molecule has 2 fully saturated rings. The van der Waals surface area contributed by atoms with Gasteiger partial charge in [-0.3, -0.25) is 19.5 Å². The minimum absolute atomic E-state index is 0.0288. The van der Waals surface area contributed by atoms with Gasteiger partial charge in [0.15, 0.2) is 5.78 Å². The van der Waals surface area contributed by atoms with Gasteiger partial charge < -0.3 is 9.64 Å². The van der Waals surface area contributed by atoms with Crippen molar-refractivity contribution >= 4 is 11.7 Å². The summed E-state index contributed by atoms with van der Waals surface area (Å²) in [6, 6.07) is 11.9. The second kappa shape index (κ2) is 11.3. The number of pyridine rings is 1. The number of fused-ring (bicyclic) bond motifs is 1. The van der Waals surface area contributed by atoms with Crippen molar-refractivity contribution < 1.29 is 14.3 Å². The molecule has 5 rings (SSSR count). The average Bonchev–Trinajstić information content (AvgIpc) is 2.86. The van der Waals surface area contributed by atoms with Crippen LogP contribution in [0.15, 0.2) is 36.4 Å². The number of ketones is 1. The number of hydrogen-bond acceptors (Lipinski definition) is 5. The van der Waals surface area contributed by atoms with E-state index >= 15 is 0 Å². The van der Waals surface area contributed by atoms with Crippen molar-refractivity contribution in [2.75, 3.05) is 26.2 Å². The second-order valence-corrected chi connectivity index (χ2v) is 11.5. The number of piperidine rings is 1. The molecule has 0 radical (unpaired) electrons. The van der Waals surface area contributed by atoms with E-state index in [0.29, 0.717) is 19.0 Å². The summed E-state index contributed by atoms with van der Waals surface area (Å²) in [6.07, 6.45) is 7.97. The smallest absolute Gasteiger partial charge is 0.228 e.